The normalized spacial score (nSPS) is 18.5. The fourth-order valence-corrected chi connectivity index (χ4v) is 1.97. The van der Waals surface area contributed by atoms with E-state index in [-0.39, 0.29) is 11.7 Å². The highest BCUT2D eigenvalue weighted by Gasteiger charge is 2.28. The van der Waals surface area contributed by atoms with Gasteiger partial charge in [-0.15, -0.1) is 0 Å². The maximum absolute atomic E-state index is 12.1. The molecule has 0 radical (unpaired) electrons. The van der Waals surface area contributed by atoms with Crippen molar-refractivity contribution in [1.29, 1.82) is 0 Å². The summed E-state index contributed by atoms with van der Waals surface area (Å²) in [5, 5.41) is 1.82. The summed E-state index contributed by atoms with van der Waals surface area (Å²) < 4.78 is 47.1. The summed E-state index contributed by atoms with van der Waals surface area (Å²) in [5.41, 5.74) is 0.129. The number of alkyl halides is 3. The van der Waals surface area contributed by atoms with Crippen molar-refractivity contribution in [2.45, 2.75) is 25.1 Å². The molecule has 1 unspecified atom stereocenters. The lowest BCUT2D eigenvalue weighted by atomic mass is 10.2. The number of carbonyl (C=O) groups is 1. The summed E-state index contributed by atoms with van der Waals surface area (Å²) in [6, 6.07) is 6.06. The lowest BCUT2D eigenvalue weighted by Gasteiger charge is -2.12. The van der Waals surface area contributed by atoms with E-state index in [4.69, 9.17) is 9.47 Å². The van der Waals surface area contributed by atoms with E-state index in [2.05, 4.69) is 0 Å². The second-order valence-electron chi connectivity index (χ2n) is 4.77. The van der Waals surface area contributed by atoms with Crippen LogP contribution in [0.15, 0.2) is 24.3 Å². The van der Waals surface area contributed by atoms with E-state index < -0.39 is 18.6 Å². The van der Waals surface area contributed by atoms with Crippen LogP contribution in [0.25, 0.3) is 0 Å². The monoisotopic (exact) mass is 303 g/mol. The lowest BCUT2D eigenvalue weighted by Crippen LogP contribution is -2.33. The summed E-state index contributed by atoms with van der Waals surface area (Å²) >= 11 is 0. The second kappa shape index (κ2) is 6.80. The van der Waals surface area contributed by atoms with E-state index in [1.807, 2.05) is 5.32 Å². The molecule has 1 fully saturated rings. The first-order valence-corrected chi connectivity index (χ1v) is 6.63. The van der Waals surface area contributed by atoms with Gasteiger partial charge < -0.3 is 14.8 Å². The molecule has 1 aliphatic rings. The molecule has 0 saturated carbocycles. The van der Waals surface area contributed by atoms with Gasteiger partial charge in [-0.2, -0.15) is 13.2 Å². The fraction of sp³-hybridized carbons (Fsp3) is 0.500. The van der Waals surface area contributed by atoms with Crippen LogP contribution in [-0.4, -0.2) is 37.9 Å². The van der Waals surface area contributed by atoms with Crippen LogP contribution < -0.4 is 10.1 Å². The Balaban J connectivity index is 1.88. The Morgan fingerprint density at radius 2 is 2.24 bits per heavy atom. The van der Waals surface area contributed by atoms with Crippen LogP contribution in [0.5, 0.6) is 5.75 Å². The second-order valence-corrected chi connectivity index (χ2v) is 4.77. The van der Waals surface area contributed by atoms with Crippen LogP contribution in [-0.2, 0) is 4.74 Å². The zero-order chi connectivity index (χ0) is 15.3. The molecule has 116 valence electrons. The van der Waals surface area contributed by atoms with Crippen LogP contribution in [0.4, 0.5) is 13.2 Å². The van der Waals surface area contributed by atoms with Gasteiger partial charge in [0.25, 0.3) is 5.91 Å². The van der Waals surface area contributed by atoms with Gasteiger partial charge in [0.05, 0.1) is 6.10 Å². The first kappa shape index (κ1) is 15.6. The average Bonchev–Trinajstić information content (AvgIpc) is 2.95. The highest BCUT2D eigenvalue weighted by Crippen LogP contribution is 2.18. The Morgan fingerprint density at radius 1 is 1.43 bits per heavy atom. The zero-order valence-electron chi connectivity index (χ0n) is 11.3. The molecular weight excluding hydrogens is 287 g/mol. The summed E-state index contributed by atoms with van der Waals surface area (Å²) in [6.07, 6.45) is -2.48. The van der Waals surface area contributed by atoms with Gasteiger partial charge >= 0.3 is 6.18 Å². The van der Waals surface area contributed by atoms with Crippen LogP contribution in [0, 0.1) is 0 Å². The Bertz CT molecular complexity index is 485. The number of carbonyl (C=O) groups excluding carboxylic acids is 1. The van der Waals surface area contributed by atoms with E-state index in [0.717, 1.165) is 12.8 Å². The predicted molar refractivity (Wildman–Crippen MR) is 69.3 cm³/mol. The minimum absolute atomic E-state index is 0.0349. The number of halogens is 3. The third-order valence-electron chi connectivity index (χ3n) is 3.01. The molecule has 7 heteroatoms. The van der Waals surface area contributed by atoms with Crippen molar-refractivity contribution in [3.05, 3.63) is 29.8 Å². The molecule has 0 bridgehead atoms. The molecule has 1 heterocycles. The first-order chi connectivity index (χ1) is 9.94. The molecule has 0 spiro atoms. The van der Waals surface area contributed by atoms with Gasteiger partial charge in [0.15, 0.2) is 0 Å². The molecule has 1 aromatic carbocycles. The molecular formula is C14H16F3NO3. The molecule has 1 aromatic rings. The number of amides is 1. The van der Waals surface area contributed by atoms with Crippen LogP contribution in [0.2, 0.25) is 0 Å². The standard InChI is InChI=1S/C14H16F3NO3/c15-14(16,17)9-18-13(19)10-3-1-4-11(7-10)21-8-12-5-2-6-20-12/h1,3-4,7,12H,2,5-6,8-9H2,(H,18,19). The summed E-state index contributed by atoms with van der Waals surface area (Å²) in [7, 11) is 0. The van der Waals surface area contributed by atoms with Gasteiger partial charge in [-0.1, -0.05) is 6.07 Å². The van der Waals surface area contributed by atoms with E-state index in [1.165, 1.54) is 12.1 Å². The lowest BCUT2D eigenvalue weighted by molar-refractivity contribution is -0.123. The SMILES string of the molecule is O=C(NCC(F)(F)F)c1cccc(OCC2CCCO2)c1. The van der Waals surface area contributed by atoms with Gasteiger partial charge in [-0.3, -0.25) is 4.79 Å². The minimum Gasteiger partial charge on any atom is -0.491 e. The molecule has 1 aliphatic heterocycles. The van der Waals surface area contributed by atoms with E-state index in [0.29, 0.717) is 19.0 Å². The van der Waals surface area contributed by atoms with Crippen molar-refractivity contribution in [3.8, 4) is 5.75 Å². The third kappa shape index (κ3) is 5.26. The van der Waals surface area contributed by atoms with Crippen molar-refractivity contribution in [3.63, 3.8) is 0 Å². The summed E-state index contributed by atoms with van der Waals surface area (Å²) in [6.45, 7) is -0.269. The van der Waals surface area contributed by atoms with E-state index in [9.17, 15) is 18.0 Å². The number of hydrogen-bond donors (Lipinski definition) is 1. The van der Waals surface area contributed by atoms with Gasteiger partial charge in [0, 0.05) is 12.2 Å². The van der Waals surface area contributed by atoms with Crippen molar-refractivity contribution in [2.75, 3.05) is 19.8 Å². The maximum atomic E-state index is 12.1. The Labute approximate surface area is 120 Å². The minimum atomic E-state index is -4.43. The highest BCUT2D eigenvalue weighted by molar-refractivity contribution is 5.94. The molecule has 0 aromatic heterocycles. The van der Waals surface area contributed by atoms with Gasteiger partial charge in [-0.25, -0.2) is 0 Å². The predicted octanol–water partition coefficient (Wildman–Crippen LogP) is 2.54. The first-order valence-electron chi connectivity index (χ1n) is 6.63. The van der Waals surface area contributed by atoms with Crippen molar-refractivity contribution < 1.29 is 27.4 Å². The average molecular weight is 303 g/mol. The van der Waals surface area contributed by atoms with E-state index in [1.54, 1.807) is 12.1 Å². The molecule has 0 aliphatic carbocycles. The van der Waals surface area contributed by atoms with Gasteiger partial charge in [0.2, 0.25) is 0 Å². The molecule has 21 heavy (non-hydrogen) atoms. The van der Waals surface area contributed by atoms with E-state index >= 15 is 0 Å². The van der Waals surface area contributed by atoms with Crippen molar-refractivity contribution in [1.82, 2.24) is 5.32 Å². The molecule has 1 N–H and O–H groups in total. The fourth-order valence-electron chi connectivity index (χ4n) is 1.97. The van der Waals surface area contributed by atoms with Gasteiger partial charge in [0.1, 0.15) is 18.9 Å². The number of nitrogens with one attached hydrogen (secondary N) is 1. The van der Waals surface area contributed by atoms with Crippen molar-refractivity contribution in [2.24, 2.45) is 0 Å². The summed E-state index contributed by atoms with van der Waals surface area (Å²) in [5.74, 6) is -0.347. The number of hydrogen-bond acceptors (Lipinski definition) is 3. The molecule has 4 nitrogen and oxygen atoms in total. The van der Waals surface area contributed by atoms with Crippen LogP contribution in [0.3, 0.4) is 0 Å². The Hall–Kier alpha value is -1.76. The summed E-state index contributed by atoms with van der Waals surface area (Å²) in [4.78, 5) is 11.6. The topological polar surface area (TPSA) is 47.6 Å². The molecule has 1 amide bonds. The number of rotatable bonds is 5. The van der Waals surface area contributed by atoms with Crippen LogP contribution >= 0.6 is 0 Å². The third-order valence-corrected chi connectivity index (χ3v) is 3.01. The molecule has 1 atom stereocenters. The maximum Gasteiger partial charge on any atom is 0.405 e. The van der Waals surface area contributed by atoms with Crippen molar-refractivity contribution >= 4 is 5.91 Å². The zero-order valence-corrected chi connectivity index (χ0v) is 11.3. The smallest absolute Gasteiger partial charge is 0.405 e. The largest absolute Gasteiger partial charge is 0.491 e. The Kier molecular flexibility index (Phi) is 5.06. The Morgan fingerprint density at radius 3 is 2.90 bits per heavy atom. The highest BCUT2D eigenvalue weighted by atomic mass is 19.4. The number of benzene rings is 1. The van der Waals surface area contributed by atoms with Crippen LogP contribution in [0.1, 0.15) is 23.2 Å². The molecule has 1 saturated heterocycles. The molecule has 2 rings (SSSR count). The quantitative estimate of drug-likeness (QED) is 0.909. The van der Waals surface area contributed by atoms with Gasteiger partial charge in [-0.05, 0) is 31.0 Å². The number of ether oxygens (including phenoxy) is 2.